The third-order valence-corrected chi connectivity index (χ3v) is 6.63. The molecule has 0 aromatic heterocycles. The highest BCUT2D eigenvalue weighted by Crippen LogP contribution is 2.43. The van der Waals surface area contributed by atoms with Crippen molar-refractivity contribution in [1.29, 1.82) is 0 Å². The Bertz CT molecular complexity index is 1560. The molecule has 4 N–H and O–H groups in total. The average molecular weight is 508 g/mol. The van der Waals surface area contributed by atoms with Gasteiger partial charge in [0, 0.05) is 29.5 Å². The van der Waals surface area contributed by atoms with Crippen molar-refractivity contribution in [2.75, 3.05) is 12.8 Å². The van der Waals surface area contributed by atoms with Gasteiger partial charge in [-0.25, -0.2) is 0 Å². The summed E-state index contributed by atoms with van der Waals surface area (Å²) in [6, 6.07) is 13.5. The van der Waals surface area contributed by atoms with Gasteiger partial charge < -0.3 is 15.6 Å². The lowest BCUT2D eigenvalue weighted by atomic mass is 9.96. The number of aromatic hydroxyl groups is 1. The maximum atomic E-state index is 12.1. The molecule has 0 saturated heterocycles. The molecule has 3 aromatic carbocycles. The van der Waals surface area contributed by atoms with E-state index in [1.165, 1.54) is 13.2 Å². The topological polar surface area (TPSA) is 159 Å². The highest BCUT2D eigenvalue weighted by Gasteiger charge is 2.25. The number of azo groups is 2. The second-order valence-electron chi connectivity index (χ2n) is 8.42. The number of hydrogen-bond acceptors (Lipinski definition) is 9. The van der Waals surface area contributed by atoms with Crippen molar-refractivity contribution in [3.63, 3.8) is 0 Å². The molecule has 0 aliphatic heterocycles. The number of anilines is 1. The second-order valence-corrected chi connectivity index (χ2v) is 9.81. The number of aryl methyl sites for hydroxylation is 1. The van der Waals surface area contributed by atoms with Crippen LogP contribution in [0.3, 0.4) is 0 Å². The van der Waals surface area contributed by atoms with Gasteiger partial charge in [0.2, 0.25) is 0 Å². The van der Waals surface area contributed by atoms with E-state index in [1.807, 2.05) is 38.1 Å². The fourth-order valence-corrected chi connectivity index (χ4v) is 4.46. The molecule has 0 radical (unpaired) electrons. The molecule has 1 aliphatic carbocycles. The van der Waals surface area contributed by atoms with Crippen LogP contribution in [0.1, 0.15) is 18.9 Å². The minimum atomic E-state index is -4.73. The van der Waals surface area contributed by atoms with E-state index in [0.717, 1.165) is 5.56 Å². The van der Waals surface area contributed by atoms with Crippen molar-refractivity contribution in [3.8, 4) is 5.75 Å². The van der Waals surface area contributed by atoms with Gasteiger partial charge in [0.1, 0.15) is 22.0 Å². The van der Waals surface area contributed by atoms with Gasteiger partial charge in [-0.3, -0.25) is 4.55 Å². The van der Waals surface area contributed by atoms with Crippen LogP contribution < -0.4 is 5.73 Å². The van der Waals surface area contributed by atoms with Crippen LogP contribution in [0.25, 0.3) is 10.8 Å². The number of phenolic OH excluding ortho intramolecular Hbond substituents is 1. The molecule has 0 fully saturated rings. The number of methoxy groups -OCH3 is 1. The quantitative estimate of drug-likeness (QED) is 0.201. The summed E-state index contributed by atoms with van der Waals surface area (Å²) in [6.07, 6.45) is 2.05. The molecule has 0 bridgehead atoms. The van der Waals surface area contributed by atoms with Crippen molar-refractivity contribution < 1.29 is 22.8 Å². The van der Waals surface area contributed by atoms with E-state index in [2.05, 4.69) is 20.5 Å². The summed E-state index contributed by atoms with van der Waals surface area (Å²) in [5.41, 5.74) is 8.69. The minimum Gasteiger partial charge on any atom is -0.505 e. The third-order valence-electron chi connectivity index (χ3n) is 5.76. The van der Waals surface area contributed by atoms with Crippen LogP contribution in [0.5, 0.6) is 5.75 Å². The molecule has 1 unspecified atom stereocenters. The van der Waals surface area contributed by atoms with E-state index in [1.54, 1.807) is 24.3 Å². The van der Waals surface area contributed by atoms with Gasteiger partial charge in [0.15, 0.2) is 5.75 Å². The summed E-state index contributed by atoms with van der Waals surface area (Å²) >= 11 is 0. The van der Waals surface area contributed by atoms with Gasteiger partial charge in [-0.2, -0.15) is 23.8 Å². The van der Waals surface area contributed by atoms with Gasteiger partial charge >= 0.3 is 0 Å². The number of phenols is 1. The molecule has 10 nitrogen and oxygen atoms in total. The van der Waals surface area contributed by atoms with E-state index in [0.29, 0.717) is 34.6 Å². The van der Waals surface area contributed by atoms with E-state index >= 15 is 0 Å². The molecule has 186 valence electrons. The minimum absolute atomic E-state index is 0.103. The molecular weight excluding hydrogens is 482 g/mol. The molecule has 0 amide bonds. The highest BCUT2D eigenvalue weighted by atomic mass is 32.2. The van der Waals surface area contributed by atoms with E-state index in [9.17, 15) is 18.1 Å². The third kappa shape index (κ3) is 5.11. The van der Waals surface area contributed by atoms with Crippen LogP contribution in [-0.2, 0) is 14.9 Å². The zero-order valence-corrected chi connectivity index (χ0v) is 20.7. The van der Waals surface area contributed by atoms with Crippen LogP contribution in [0, 0.1) is 12.8 Å². The van der Waals surface area contributed by atoms with Crippen molar-refractivity contribution in [2.24, 2.45) is 26.4 Å². The molecule has 0 spiro atoms. The summed E-state index contributed by atoms with van der Waals surface area (Å²) in [4.78, 5) is -0.589. The number of allylic oxidation sites excluding steroid dienone is 3. The number of rotatable bonds is 6. The molecule has 0 heterocycles. The van der Waals surface area contributed by atoms with E-state index in [4.69, 9.17) is 10.5 Å². The maximum absolute atomic E-state index is 12.1. The van der Waals surface area contributed by atoms with Crippen molar-refractivity contribution in [1.82, 2.24) is 0 Å². The Morgan fingerprint density at radius 3 is 2.44 bits per heavy atom. The average Bonchev–Trinajstić information content (AvgIpc) is 2.83. The fourth-order valence-electron chi connectivity index (χ4n) is 3.81. The molecule has 1 atom stereocenters. The lowest BCUT2D eigenvalue weighted by Crippen LogP contribution is -2.07. The molecule has 36 heavy (non-hydrogen) atoms. The number of nitrogens with zero attached hydrogens (tertiary/aromatic N) is 4. The van der Waals surface area contributed by atoms with Gasteiger partial charge in [-0.1, -0.05) is 36.8 Å². The SMILES string of the molecule is COC1=C(N=Nc2c(S(=O)(=O)O)cc3cccc(N)c3c2O)CC(C)C(N=Nc2ccc(C)cc2)=C1. The number of fused-ring (bicyclic) bond motifs is 1. The van der Waals surface area contributed by atoms with Gasteiger partial charge in [0.25, 0.3) is 10.1 Å². The van der Waals surface area contributed by atoms with Crippen LogP contribution in [0.2, 0.25) is 0 Å². The Kier molecular flexibility index (Phi) is 6.86. The predicted octanol–water partition coefficient (Wildman–Crippen LogP) is 6.33. The maximum Gasteiger partial charge on any atom is 0.296 e. The highest BCUT2D eigenvalue weighted by molar-refractivity contribution is 7.86. The fraction of sp³-hybridized carbons (Fsp3) is 0.200. The molecular formula is C25H25N5O5S. The zero-order chi connectivity index (χ0) is 26.0. The molecule has 1 aliphatic rings. The van der Waals surface area contributed by atoms with Crippen LogP contribution in [0.15, 0.2) is 97.1 Å². The lowest BCUT2D eigenvalue weighted by molar-refractivity contribution is 0.294. The van der Waals surface area contributed by atoms with Gasteiger partial charge in [-0.15, -0.1) is 5.11 Å². The summed E-state index contributed by atoms with van der Waals surface area (Å²) in [5.74, 6) is -0.245. The molecule has 3 aromatic rings. The number of nitrogen functional groups attached to an aromatic ring is 1. The summed E-state index contributed by atoms with van der Waals surface area (Å²) < 4.78 is 39.3. The van der Waals surface area contributed by atoms with Gasteiger partial charge in [0.05, 0.1) is 18.5 Å². The summed E-state index contributed by atoms with van der Waals surface area (Å²) in [7, 11) is -3.27. The van der Waals surface area contributed by atoms with E-state index < -0.39 is 26.5 Å². The van der Waals surface area contributed by atoms with Gasteiger partial charge in [-0.05, 0) is 36.6 Å². The smallest absolute Gasteiger partial charge is 0.296 e. The van der Waals surface area contributed by atoms with Crippen LogP contribution in [0.4, 0.5) is 17.1 Å². The zero-order valence-electron chi connectivity index (χ0n) is 19.9. The normalized spacial score (nSPS) is 16.8. The predicted molar refractivity (Wildman–Crippen MR) is 136 cm³/mol. The first-order chi connectivity index (χ1) is 17.1. The number of ether oxygens (including phenoxy) is 1. The number of nitrogens with two attached hydrogens (primary N) is 1. The Labute approximate surface area is 208 Å². The first-order valence-electron chi connectivity index (χ1n) is 11.0. The van der Waals surface area contributed by atoms with E-state index in [-0.39, 0.29) is 17.0 Å². The number of hydrogen-bond donors (Lipinski definition) is 3. The molecule has 0 saturated carbocycles. The van der Waals surface area contributed by atoms with Crippen molar-refractivity contribution in [2.45, 2.75) is 25.2 Å². The van der Waals surface area contributed by atoms with Crippen molar-refractivity contribution in [3.05, 3.63) is 77.3 Å². The number of benzene rings is 3. The van der Waals surface area contributed by atoms with Crippen LogP contribution in [-0.4, -0.2) is 25.2 Å². The largest absolute Gasteiger partial charge is 0.505 e. The monoisotopic (exact) mass is 507 g/mol. The van der Waals surface area contributed by atoms with Crippen LogP contribution >= 0.6 is 0 Å². The Morgan fingerprint density at radius 2 is 1.78 bits per heavy atom. The first kappa shape index (κ1) is 25.0. The molecule has 11 heteroatoms. The molecule has 4 rings (SSSR count). The summed E-state index contributed by atoms with van der Waals surface area (Å²) in [6.45, 7) is 3.92. The first-order valence-corrected chi connectivity index (χ1v) is 12.4. The Balaban J connectivity index is 1.75. The van der Waals surface area contributed by atoms with Crippen molar-refractivity contribution >= 4 is 38.0 Å². The summed E-state index contributed by atoms with van der Waals surface area (Å²) in [5, 5.41) is 28.2. The Morgan fingerprint density at radius 1 is 1.06 bits per heavy atom. The Hall–Kier alpha value is -4.09. The lowest BCUT2D eigenvalue weighted by Gasteiger charge is -2.19. The second kappa shape index (κ2) is 9.88. The standard InChI is InChI=1S/C25H25N5O5S/c1-14-7-9-17(10-8-14)27-28-19-13-21(35-3)20(11-15(19)2)29-30-24-22(36(32,33)34)12-16-5-4-6-18(26)23(16)25(24)31/h4-10,12-13,15,31H,11,26H2,1-3H3,(H,32,33,34).